The Balaban J connectivity index is 2.07. The number of hydrogen-bond acceptors (Lipinski definition) is 4. The third kappa shape index (κ3) is 3.51. The normalized spacial score (nSPS) is 14.2. The molecule has 0 bridgehead atoms. The molecule has 0 radical (unpaired) electrons. The van der Waals surface area contributed by atoms with Crippen molar-refractivity contribution in [2.75, 3.05) is 11.9 Å². The van der Waals surface area contributed by atoms with Crippen molar-refractivity contribution >= 4 is 17.3 Å². The van der Waals surface area contributed by atoms with Crippen LogP contribution in [0.2, 0.25) is 0 Å². The largest absolute Gasteiger partial charge is 0.324 e. The summed E-state index contributed by atoms with van der Waals surface area (Å²) in [5, 5.41) is 16.7. The minimum atomic E-state index is -0.438. The van der Waals surface area contributed by atoms with Crippen molar-refractivity contribution in [2.45, 2.75) is 32.7 Å². The molecule has 6 heteroatoms. The lowest BCUT2D eigenvalue weighted by Gasteiger charge is -2.10. The average molecular weight is 263 g/mol. The Morgan fingerprint density at radius 3 is 2.63 bits per heavy atom. The van der Waals surface area contributed by atoms with Crippen LogP contribution in [0.5, 0.6) is 0 Å². The smallest absolute Gasteiger partial charge is 0.274 e. The van der Waals surface area contributed by atoms with Crippen molar-refractivity contribution in [3.05, 3.63) is 33.4 Å². The van der Waals surface area contributed by atoms with Gasteiger partial charge in [0.1, 0.15) is 0 Å². The zero-order valence-corrected chi connectivity index (χ0v) is 11.0. The first-order chi connectivity index (χ1) is 8.97. The van der Waals surface area contributed by atoms with Crippen molar-refractivity contribution in [1.29, 1.82) is 0 Å². The molecule has 2 rings (SSSR count). The predicted octanol–water partition coefficient (Wildman–Crippen LogP) is 1.90. The second-order valence-corrected chi connectivity index (χ2v) is 4.91. The highest BCUT2D eigenvalue weighted by Crippen LogP contribution is 2.26. The van der Waals surface area contributed by atoms with Crippen LogP contribution >= 0.6 is 0 Å². The van der Waals surface area contributed by atoms with Crippen molar-refractivity contribution < 1.29 is 9.72 Å². The van der Waals surface area contributed by atoms with Gasteiger partial charge >= 0.3 is 0 Å². The number of carbonyl (C=O) groups is 1. The van der Waals surface area contributed by atoms with Crippen LogP contribution in [0.1, 0.15) is 24.0 Å². The maximum atomic E-state index is 11.7. The number of rotatable bonds is 5. The third-order valence-corrected chi connectivity index (χ3v) is 3.14. The topological polar surface area (TPSA) is 84.3 Å². The van der Waals surface area contributed by atoms with Gasteiger partial charge in [0.15, 0.2) is 0 Å². The summed E-state index contributed by atoms with van der Waals surface area (Å²) >= 11 is 0. The van der Waals surface area contributed by atoms with Gasteiger partial charge in [0.05, 0.1) is 17.2 Å². The van der Waals surface area contributed by atoms with E-state index in [1.807, 2.05) is 6.92 Å². The molecule has 1 amide bonds. The number of nitro benzene ring substituents is 1. The van der Waals surface area contributed by atoms with E-state index in [1.54, 1.807) is 13.0 Å². The SMILES string of the molecule is Cc1cc(C)c([N+](=O)[O-])cc1NC(=O)CNC1CC1. The van der Waals surface area contributed by atoms with Gasteiger partial charge in [0.25, 0.3) is 5.69 Å². The van der Waals surface area contributed by atoms with Crippen LogP contribution in [0.15, 0.2) is 12.1 Å². The number of anilines is 1. The Hall–Kier alpha value is -1.95. The number of aryl methyl sites for hydroxylation is 2. The van der Waals surface area contributed by atoms with Crippen molar-refractivity contribution in [3.63, 3.8) is 0 Å². The van der Waals surface area contributed by atoms with E-state index in [4.69, 9.17) is 0 Å². The van der Waals surface area contributed by atoms with E-state index >= 15 is 0 Å². The maximum absolute atomic E-state index is 11.7. The molecule has 1 fully saturated rings. The number of benzene rings is 1. The van der Waals surface area contributed by atoms with Crippen LogP contribution in [-0.4, -0.2) is 23.4 Å². The molecule has 2 N–H and O–H groups in total. The summed E-state index contributed by atoms with van der Waals surface area (Å²) in [4.78, 5) is 22.2. The molecule has 0 aliphatic heterocycles. The molecule has 0 saturated heterocycles. The van der Waals surface area contributed by atoms with Crippen LogP contribution in [0.4, 0.5) is 11.4 Å². The minimum absolute atomic E-state index is 0.0241. The van der Waals surface area contributed by atoms with Gasteiger partial charge < -0.3 is 10.6 Å². The second kappa shape index (κ2) is 5.36. The number of nitrogens with zero attached hydrogens (tertiary/aromatic N) is 1. The molecular weight excluding hydrogens is 246 g/mol. The second-order valence-electron chi connectivity index (χ2n) is 4.91. The van der Waals surface area contributed by atoms with Gasteiger partial charge in [-0.3, -0.25) is 14.9 Å². The van der Waals surface area contributed by atoms with Crippen LogP contribution in [0, 0.1) is 24.0 Å². The summed E-state index contributed by atoms with van der Waals surface area (Å²) in [5.74, 6) is -0.173. The fourth-order valence-corrected chi connectivity index (χ4v) is 1.89. The lowest BCUT2D eigenvalue weighted by atomic mass is 10.1. The fourth-order valence-electron chi connectivity index (χ4n) is 1.89. The highest BCUT2D eigenvalue weighted by atomic mass is 16.6. The molecule has 1 aromatic rings. The van der Waals surface area contributed by atoms with Crippen LogP contribution in [-0.2, 0) is 4.79 Å². The number of nitro groups is 1. The Morgan fingerprint density at radius 2 is 2.05 bits per heavy atom. The van der Waals surface area contributed by atoms with Gasteiger partial charge in [-0.25, -0.2) is 0 Å². The molecular formula is C13H17N3O3. The molecule has 19 heavy (non-hydrogen) atoms. The highest BCUT2D eigenvalue weighted by molar-refractivity contribution is 5.93. The summed E-state index contributed by atoms with van der Waals surface area (Å²) in [6.07, 6.45) is 2.23. The lowest BCUT2D eigenvalue weighted by molar-refractivity contribution is -0.385. The van der Waals surface area contributed by atoms with Crippen molar-refractivity contribution in [1.82, 2.24) is 5.32 Å². The summed E-state index contributed by atoms with van der Waals surface area (Å²) < 4.78 is 0. The maximum Gasteiger partial charge on any atom is 0.274 e. The Morgan fingerprint density at radius 1 is 1.37 bits per heavy atom. The van der Waals surface area contributed by atoms with E-state index in [9.17, 15) is 14.9 Å². The number of nitrogens with one attached hydrogen (secondary N) is 2. The molecule has 0 spiro atoms. The molecule has 1 saturated carbocycles. The zero-order chi connectivity index (χ0) is 14.0. The highest BCUT2D eigenvalue weighted by Gasteiger charge is 2.21. The summed E-state index contributed by atoms with van der Waals surface area (Å²) in [5.41, 5.74) is 1.94. The van der Waals surface area contributed by atoms with Gasteiger partial charge in [0, 0.05) is 17.7 Å². The molecule has 102 valence electrons. The fraction of sp³-hybridized carbons (Fsp3) is 0.462. The van der Waals surface area contributed by atoms with Crippen molar-refractivity contribution in [3.8, 4) is 0 Å². The molecule has 6 nitrogen and oxygen atoms in total. The first-order valence-electron chi connectivity index (χ1n) is 6.26. The van der Waals surface area contributed by atoms with E-state index in [-0.39, 0.29) is 18.1 Å². The van der Waals surface area contributed by atoms with E-state index in [0.717, 1.165) is 18.4 Å². The standard InChI is InChI=1S/C13H17N3O3/c1-8-5-9(2)12(16(18)19)6-11(8)15-13(17)7-14-10-3-4-10/h5-6,10,14H,3-4,7H2,1-2H3,(H,15,17). The van der Waals surface area contributed by atoms with Gasteiger partial charge in [-0.1, -0.05) is 0 Å². The molecule has 0 aromatic heterocycles. The zero-order valence-electron chi connectivity index (χ0n) is 11.0. The van der Waals surface area contributed by atoms with E-state index in [1.165, 1.54) is 6.07 Å². The van der Waals surface area contributed by atoms with Gasteiger partial charge in [-0.15, -0.1) is 0 Å². The first kappa shape index (κ1) is 13.5. The average Bonchev–Trinajstić information content (AvgIpc) is 3.13. The molecule has 1 aliphatic carbocycles. The van der Waals surface area contributed by atoms with Crippen molar-refractivity contribution in [2.24, 2.45) is 0 Å². The summed E-state index contributed by atoms with van der Waals surface area (Å²) in [7, 11) is 0. The van der Waals surface area contributed by atoms with Gasteiger partial charge in [-0.05, 0) is 38.3 Å². The predicted molar refractivity (Wildman–Crippen MR) is 72.2 cm³/mol. The van der Waals surface area contributed by atoms with Crippen LogP contribution < -0.4 is 10.6 Å². The quantitative estimate of drug-likeness (QED) is 0.627. The van der Waals surface area contributed by atoms with E-state index in [2.05, 4.69) is 10.6 Å². The molecule has 1 aliphatic rings. The Kier molecular flexibility index (Phi) is 3.80. The minimum Gasteiger partial charge on any atom is -0.324 e. The molecule has 0 unspecified atom stereocenters. The Labute approximate surface area is 111 Å². The monoisotopic (exact) mass is 263 g/mol. The van der Waals surface area contributed by atoms with Gasteiger partial charge in [0.2, 0.25) is 5.91 Å². The lowest BCUT2D eigenvalue weighted by Crippen LogP contribution is -2.29. The van der Waals surface area contributed by atoms with Gasteiger partial charge in [-0.2, -0.15) is 0 Å². The number of hydrogen-bond donors (Lipinski definition) is 2. The summed E-state index contributed by atoms with van der Waals surface area (Å²) in [6, 6.07) is 3.58. The Bertz CT molecular complexity index is 524. The molecule has 0 heterocycles. The van der Waals surface area contributed by atoms with Crippen LogP contribution in [0.3, 0.4) is 0 Å². The van der Waals surface area contributed by atoms with Crippen LogP contribution in [0.25, 0.3) is 0 Å². The molecule has 0 atom stereocenters. The summed E-state index contributed by atoms with van der Waals surface area (Å²) in [6.45, 7) is 3.75. The number of amides is 1. The first-order valence-corrected chi connectivity index (χ1v) is 6.26. The molecule has 1 aromatic carbocycles. The van der Waals surface area contributed by atoms with E-state index in [0.29, 0.717) is 17.3 Å². The number of carbonyl (C=O) groups excluding carboxylic acids is 1. The third-order valence-electron chi connectivity index (χ3n) is 3.14. The van der Waals surface area contributed by atoms with E-state index < -0.39 is 4.92 Å².